The molecule has 6 nitrogen and oxygen atoms in total. The molecular weight excluding hydrogens is 230 g/mol. The predicted octanol–water partition coefficient (Wildman–Crippen LogP) is -0.126. The van der Waals surface area contributed by atoms with Crippen LogP contribution in [0.1, 0.15) is 6.92 Å². The molecule has 1 aromatic rings. The molecule has 16 heavy (non-hydrogen) atoms. The average Bonchev–Trinajstić information content (AvgIpc) is 2.17. The molecule has 88 valence electrons. The normalized spacial score (nSPS) is 11.1. The van der Waals surface area contributed by atoms with Crippen molar-refractivity contribution in [2.45, 2.75) is 6.92 Å². The number of carbonyl (C=O) groups is 1. The van der Waals surface area contributed by atoms with E-state index in [-0.39, 0.29) is 0 Å². The summed E-state index contributed by atoms with van der Waals surface area (Å²) in [5, 5.41) is 0. The van der Waals surface area contributed by atoms with E-state index in [1.807, 2.05) is 0 Å². The van der Waals surface area contributed by atoms with E-state index in [0.717, 1.165) is 6.26 Å². The highest BCUT2D eigenvalue weighted by atomic mass is 32.2. The maximum absolute atomic E-state index is 11.7. The number of rotatable bonds is 4. The number of sulfone groups is 1. The van der Waals surface area contributed by atoms with E-state index >= 15 is 0 Å². The highest BCUT2D eigenvalue weighted by molar-refractivity contribution is 7.91. The van der Waals surface area contributed by atoms with Gasteiger partial charge in [0.05, 0.1) is 18.1 Å². The van der Waals surface area contributed by atoms with Crippen LogP contribution in [0.25, 0.3) is 0 Å². The molecule has 0 radical (unpaired) electrons. The molecule has 0 aliphatic rings. The quantitative estimate of drug-likeness (QED) is 0.736. The van der Waals surface area contributed by atoms with Crippen molar-refractivity contribution in [3.63, 3.8) is 0 Å². The van der Waals surface area contributed by atoms with Crippen molar-refractivity contribution in [2.75, 3.05) is 23.5 Å². The second-order valence-corrected chi connectivity index (χ2v) is 5.44. The summed E-state index contributed by atoms with van der Waals surface area (Å²) in [5.74, 6) is -0.977. The van der Waals surface area contributed by atoms with E-state index in [1.165, 1.54) is 23.6 Å². The Labute approximate surface area is 94.2 Å². The monoisotopic (exact) mass is 243 g/mol. The van der Waals surface area contributed by atoms with Gasteiger partial charge in [-0.1, -0.05) is 0 Å². The minimum Gasteiger partial charge on any atom is -0.309 e. The Balaban J connectivity index is 2.88. The summed E-state index contributed by atoms with van der Waals surface area (Å²) >= 11 is 0. The fraction of sp³-hybridized carbons (Fsp3) is 0.444. The minimum atomic E-state index is -3.32. The highest BCUT2D eigenvalue weighted by Crippen LogP contribution is 2.10. The Morgan fingerprint density at radius 2 is 1.94 bits per heavy atom. The molecule has 1 amide bonds. The van der Waals surface area contributed by atoms with Gasteiger partial charge in [0.15, 0.2) is 9.84 Å². The molecule has 0 spiro atoms. The molecule has 0 saturated carbocycles. The third kappa shape index (κ3) is 3.58. The molecule has 0 aliphatic heterocycles. The third-order valence-corrected chi connectivity index (χ3v) is 2.63. The van der Waals surface area contributed by atoms with E-state index in [1.54, 1.807) is 6.92 Å². The van der Waals surface area contributed by atoms with Gasteiger partial charge < -0.3 is 4.90 Å². The zero-order valence-electron chi connectivity index (χ0n) is 9.12. The van der Waals surface area contributed by atoms with E-state index in [0.29, 0.717) is 12.2 Å². The molecule has 0 aliphatic carbocycles. The van der Waals surface area contributed by atoms with Gasteiger partial charge in [-0.05, 0) is 6.92 Å². The Hall–Kier alpha value is -1.50. The molecule has 0 aromatic carbocycles. The second kappa shape index (κ2) is 5.02. The maximum Gasteiger partial charge on any atom is 0.242 e. The zero-order valence-corrected chi connectivity index (χ0v) is 9.94. The van der Waals surface area contributed by atoms with Crippen LogP contribution >= 0.6 is 0 Å². The summed E-state index contributed by atoms with van der Waals surface area (Å²) in [7, 11) is -3.32. The Kier molecular flexibility index (Phi) is 3.94. The van der Waals surface area contributed by atoms with Crippen LogP contribution in [0.3, 0.4) is 0 Å². The summed E-state index contributed by atoms with van der Waals surface area (Å²) in [6, 6.07) is 0. The van der Waals surface area contributed by atoms with Gasteiger partial charge in [0.2, 0.25) is 5.91 Å². The molecule has 0 atom stereocenters. The number of hydrogen-bond acceptors (Lipinski definition) is 5. The summed E-state index contributed by atoms with van der Waals surface area (Å²) in [4.78, 5) is 20.6. The van der Waals surface area contributed by atoms with E-state index in [9.17, 15) is 13.2 Å². The second-order valence-electron chi connectivity index (χ2n) is 3.30. The lowest BCUT2D eigenvalue weighted by molar-refractivity contribution is -0.116. The number of carbonyl (C=O) groups excluding carboxylic acids is 1. The first-order valence-corrected chi connectivity index (χ1v) is 6.73. The lowest BCUT2D eigenvalue weighted by Crippen LogP contribution is -2.35. The molecule has 1 heterocycles. The highest BCUT2D eigenvalue weighted by Gasteiger charge is 2.18. The molecule has 0 fully saturated rings. The lowest BCUT2D eigenvalue weighted by atomic mass is 10.4. The molecule has 0 unspecified atom stereocenters. The molecule has 0 saturated heterocycles. The van der Waals surface area contributed by atoms with Crippen LogP contribution in [0.4, 0.5) is 5.69 Å². The van der Waals surface area contributed by atoms with Crippen LogP contribution in [0, 0.1) is 0 Å². The fourth-order valence-corrected chi connectivity index (χ4v) is 1.84. The van der Waals surface area contributed by atoms with Crippen LogP contribution in [0.5, 0.6) is 0 Å². The van der Waals surface area contributed by atoms with Gasteiger partial charge in [-0.25, -0.2) is 18.4 Å². The van der Waals surface area contributed by atoms with Crippen molar-refractivity contribution in [3.8, 4) is 0 Å². The Bertz CT molecular complexity index is 458. The number of aromatic nitrogens is 2. The third-order valence-electron chi connectivity index (χ3n) is 1.86. The summed E-state index contributed by atoms with van der Waals surface area (Å²) in [6.45, 7) is 2.13. The smallest absolute Gasteiger partial charge is 0.242 e. The lowest BCUT2D eigenvalue weighted by Gasteiger charge is -2.19. The van der Waals surface area contributed by atoms with Gasteiger partial charge >= 0.3 is 0 Å². The van der Waals surface area contributed by atoms with Gasteiger partial charge in [0, 0.05) is 12.8 Å². The fourth-order valence-electron chi connectivity index (χ4n) is 1.24. The van der Waals surface area contributed by atoms with Gasteiger partial charge in [-0.2, -0.15) is 0 Å². The van der Waals surface area contributed by atoms with Crippen molar-refractivity contribution in [1.29, 1.82) is 0 Å². The molecule has 1 rings (SSSR count). The van der Waals surface area contributed by atoms with E-state index < -0.39 is 21.5 Å². The number of anilines is 1. The van der Waals surface area contributed by atoms with Crippen LogP contribution in [-0.4, -0.2) is 42.8 Å². The van der Waals surface area contributed by atoms with Gasteiger partial charge in [-0.3, -0.25) is 4.79 Å². The number of hydrogen-bond donors (Lipinski definition) is 0. The topological polar surface area (TPSA) is 80.2 Å². The van der Waals surface area contributed by atoms with E-state index in [4.69, 9.17) is 0 Å². The first-order valence-electron chi connectivity index (χ1n) is 4.67. The molecule has 0 bridgehead atoms. The van der Waals surface area contributed by atoms with E-state index in [2.05, 4.69) is 9.97 Å². The van der Waals surface area contributed by atoms with Gasteiger partial charge in [0.25, 0.3) is 0 Å². The standard InChI is InChI=1S/C9H13N3O3S/c1-3-12(8-4-10-7-11-5-8)9(13)6-16(2,14)15/h4-5,7H,3,6H2,1-2H3. The van der Waals surface area contributed by atoms with Gasteiger partial charge in [0.1, 0.15) is 12.1 Å². The SMILES string of the molecule is CCN(C(=O)CS(C)(=O)=O)c1cncnc1. The molecular formula is C9H13N3O3S. The summed E-state index contributed by atoms with van der Waals surface area (Å²) < 4.78 is 22.0. The van der Waals surface area contributed by atoms with Crippen molar-refractivity contribution < 1.29 is 13.2 Å². The number of amides is 1. The summed E-state index contributed by atoms with van der Waals surface area (Å²) in [6.07, 6.45) is 5.31. The van der Waals surface area contributed by atoms with Crippen molar-refractivity contribution in [2.24, 2.45) is 0 Å². The van der Waals surface area contributed by atoms with Crippen molar-refractivity contribution in [1.82, 2.24) is 9.97 Å². The average molecular weight is 243 g/mol. The minimum absolute atomic E-state index is 0.377. The zero-order chi connectivity index (χ0) is 12.2. The van der Waals surface area contributed by atoms with Crippen molar-refractivity contribution in [3.05, 3.63) is 18.7 Å². The van der Waals surface area contributed by atoms with Crippen LogP contribution in [-0.2, 0) is 14.6 Å². The van der Waals surface area contributed by atoms with Gasteiger partial charge in [-0.15, -0.1) is 0 Å². The Morgan fingerprint density at radius 3 is 2.38 bits per heavy atom. The predicted molar refractivity (Wildman–Crippen MR) is 59.8 cm³/mol. The molecule has 7 heteroatoms. The Morgan fingerprint density at radius 1 is 1.38 bits per heavy atom. The van der Waals surface area contributed by atoms with Crippen LogP contribution < -0.4 is 4.90 Å². The first-order chi connectivity index (χ1) is 7.44. The van der Waals surface area contributed by atoms with Crippen LogP contribution in [0.15, 0.2) is 18.7 Å². The number of nitrogens with zero attached hydrogens (tertiary/aromatic N) is 3. The van der Waals surface area contributed by atoms with Crippen LogP contribution in [0.2, 0.25) is 0 Å². The molecule has 1 aromatic heterocycles. The first kappa shape index (κ1) is 12.6. The largest absolute Gasteiger partial charge is 0.309 e. The maximum atomic E-state index is 11.7. The molecule has 0 N–H and O–H groups in total. The van der Waals surface area contributed by atoms with Crippen molar-refractivity contribution >= 4 is 21.4 Å². The summed E-state index contributed by atoms with van der Waals surface area (Å²) in [5.41, 5.74) is 0.499.